The van der Waals surface area contributed by atoms with Crippen molar-refractivity contribution in [1.29, 1.82) is 0 Å². The molecule has 2 aromatic carbocycles. The minimum atomic E-state index is -0.262. The lowest BCUT2D eigenvalue weighted by Crippen LogP contribution is -2.44. The third-order valence-electron chi connectivity index (χ3n) is 4.90. The number of nitrogens with zero attached hydrogens (tertiary/aromatic N) is 2. The van der Waals surface area contributed by atoms with Gasteiger partial charge in [0, 0.05) is 36.4 Å². The zero-order valence-electron chi connectivity index (χ0n) is 15.1. The molecule has 5 nitrogen and oxygen atoms in total. The number of benzene rings is 2. The molecule has 1 amide bonds. The van der Waals surface area contributed by atoms with Gasteiger partial charge in [0.15, 0.2) is 11.5 Å². The number of amides is 1. The van der Waals surface area contributed by atoms with Crippen LogP contribution >= 0.6 is 11.6 Å². The number of carbonyl (C=O) groups excluding carboxylic acids is 1. The average molecular weight is 400 g/mol. The van der Waals surface area contributed by atoms with E-state index in [-0.39, 0.29) is 23.5 Å². The van der Waals surface area contributed by atoms with Crippen LogP contribution < -0.4 is 10.2 Å². The fourth-order valence-electron chi connectivity index (χ4n) is 3.36. The van der Waals surface area contributed by atoms with E-state index < -0.39 is 0 Å². The molecule has 1 aliphatic heterocycles. The summed E-state index contributed by atoms with van der Waals surface area (Å²) in [6.07, 6.45) is 1.61. The summed E-state index contributed by atoms with van der Waals surface area (Å²) in [5, 5.41) is 7.43. The number of halogens is 2. The van der Waals surface area contributed by atoms with Gasteiger partial charge in [0.05, 0.1) is 5.02 Å². The molecule has 7 heteroatoms. The second-order valence-electron chi connectivity index (χ2n) is 6.77. The van der Waals surface area contributed by atoms with E-state index in [4.69, 9.17) is 16.1 Å². The zero-order valence-corrected chi connectivity index (χ0v) is 15.8. The Morgan fingerprint density at radius 3 is 2.57 bits per heavy atom. The molecule has 0 atom stereocenters. The smallest absolute Gasteiger partial charge is 0.273 e. The molecular weight excluding hydrogens is 381 g/mol. The monoisotopic (exact) mass is 399 g/mol. The van der Waals surface area contributed by atoms with Gasteiger partial charge in [-0.05, 0) is 49.2 Å². The highest BCUT2D eigenvalue weighted by atomic mass is 35.5. The molecule has 1 N–H and O–H groups in total. The first-order chi connectivity index (χ1) is 13.6. The van der Waals surface area contributed by atoms with Crippen LogP contribution in [0.25, 0.3) is 11.3 Å². The predicted octanol–water partition coefficient (Wildman–Crippen LogP) is 4.53. The summed E-state index contributed by atoms with van der Waals surface area (Å²) in [6.45, 7) is 1.58. The van der Waals surface area contributed by atoms with Gasteiger partial charge >= 0.3 is 0 Å². The third-order valence-corrected chi connectivity index (χ3v) is 5.23. The molecule has 0 unspecified atom stereocenters. The highest BCUT2D eigenvalue weighted by Crippen LogP contribution is 2.28. The van der Waals surface area contributed by atoms with Gasteiger partial charge in [-0.15, -0.1) is 0 Å². The van der Waals surface area contributed by atoms with Crippen LogP contribution in [-0.4, -0.2) is 30.2 Å². The summed E-state index contributed by atoms with van der Waals surface area (Å²) in [5.41, 5.74) is 1.92. The fraction of sp³-hybridized carbons (Fsp3) is 0.238. The van der Waals surface area contributed by atoms with Crippen LogP contribution in [0, 0.1) is 5.82 Å². The Hall–Kier alpha value is -2.86. The van der Waals surface area contributed by atoms with E-state index in [2.05, 4.69) is 15.4 Å². The Labute approximate surface area is 167 Å². The van der Waals surface area contributed by atoms with Crippen molar-refractivity contribution in [3.63, 3.8) is 0 Å². The van der Waals surface area contributed by atoms with Crippen LogP contribution in [0.1, 0.15) is 23.3 Å². The lowest BCUT2D eigenvalue weighted by molar-refractivity contribution is 0.0922. The van der Waals surface area contributed by atoms with Crippen molar-refractivity contribution in [2.45, 2.75) is 18.9 Å². The van der Waals surface area contributed by atoms with Gasteiger partial charge in [-0.1, -0.05) is 28.9 Å². The first kappa shape index (κ1) is 18.5. The molecule has 0 saturated carbocycles. The minimum Gasteiger partial charge on any atom is -0.371 e. The Morgan fingerprint density at radius 2 is 1.86 bits per heavy atom. The van der Waals surface area contributed by atoms with Crippen LogP contribution in [0.2, 0.25) is 5.02 Å². The van der Waals surface area contributed by atoms with Crippen molar-refractivity contribution < 1.29 is 13.7 Å². The number of hydrogen-bond acceptors (Lipinski definition) is 4. The van der Waals surface area contributed by atoms with E-state index in [0.29, 0.717) is 16.3 Å². The van der Waals surface area contributed by atoms with Gasteiger partial charge in [-0.2, -0.15) is 0 Å². The number of piperidine rings is 1. The number of aromatic nitrogens is 1. The lowest BCUT2D eigenvalue weighted by Gasteiger charge is -2.33. The van der Waals surface area contributed by atoms with E-state index >= 15 is 0 Å². The molecule has 0 spiro atoms. The summed E-state index contributed by atoms with van der Waals surface area (Å²) in [5.74, 6) is -0.0427. The summed E-state index contributed by atoms with van der Waals surface area (Å²) in [7, 11) is 0. The highest BCUT2D eigenvalue weighted by Gasteiger charge is 2.23. The Balaban J connectivity index is 1.35. The molecule has 3 aromatic rings. The van der Waals surface area contributed by atoms with Gasteiger partial charge in [0.2, 0.25) is 0 Å². The largest absolute Gasteiger partial charge is 0.371 e. The van der Waals surface area contributed by atoms with Crippen molar-refractivity contribution in [1.82, 2.24) is 10.5 Å². The first-order valence-electron chi connectivity index (χ1n) is 9.13. The zero-order chi connectivity index (χ0) is 19.5. The molecular formula is C21H19ClFN3O2. The average Bonchev–Trinajstić information content (AvgIpc) is 3.20. The van der Waals surface area contributed by atoms with Crippen LogP contribution in [0.15, 0.2) is 59.1 Å². The first-order valence-corrected chi connectivity index (χ1v) is 9.51. The number of anilines is 1. The van der Waals surface area contributed by atoms with Gasteiger partial charge in [-0.3, -0.25) is 4.79 Å². The van der Waals surface area contributed by atoms with E-state index in [1.807, 2.05) is 18.2 Å². The van der Waals surface area contributed by atoms with Crippen LogP contribution in [0.4, 0.5) is 10.1 Å². The van der Waals surface area contributed by atoms with Gasteiger partial charge in [0.25, 0.3) is 5.91 Å². The summed E-state index contributed by atoms with van der Waals surface area (Å²) in [6, 6.07) is 15.4. The Morgan fingerprint density at radius 1 is 1.14 bits per heavy atom. The van der Waals surface area contributed by atoms with Gasteiger partial charge < -0.3 is 14.7 Å². The quantitative estimate of drug-likeness (QED) is 0.700. The SMILES string of the molecule is O=C(NC1CCN(c2ccc(F)cc2)CC1)c1cc(-c2ccccc2Cl)on1. The van der Waals surface area contributed by atoms with E-state index in [1.54, 1.807) is 24.3 Å². The Kier molecular flexibility index (Phi) is 5.30. The molecule has 4 rings (SSSR count). The molecule has 1 saturated heterocycles. The predicted molar refractivity (Wildman–Crippen MR) is 106 cm³/mol. The Bertz CT molecular complexity index is 966. The molecule has 28 heavy (non-hydrogen) atoms. The van der Waals surface area contributed by atoms with E-state index in [0.717, 1.165) is 31.6 Å². The summed E-state index contributed by atoms with van der Waals surface area (Å²) in [4.78, 5) is 14.7. The molecule has 1 aromatic heterocycles. The maximum absolute atomic E-state index is 13.1. The number of hydrogen-bond donors (Lipinski definition) is 1. The molecule has 1 aliphatic rings. The van der Waals surface area contributed by atoms with E-state index in [1.165, 1.54) is 12.1 Å². The van der Waals surface area contributed by atoms with Crippen molar-refractivity contribution in [3.05, 3.63) is 71.1 Å². The minimum absolute atomic E-state index is 0.0599. The van der Waals surface area contributed by atoms with Gasteiger partial charge in [0.1, 0.15) is 5.82 Å². The normalized spacial score (nSPS) is 14.9. The van der Waals surface area contributed by atoms with Crippen molar-refractivity contribution >= 4 is 23.2 Å². The molecule has 1 fully saturated rings. The summed E-state index contributed by atoms with van der Waals surface area (Å²) < 4.78 is 18.4. The molecule has 0 bridgehead atoms. The molecule has 144 valence electrons. The maximum Gasteiger partial charge on any atom is 0.273 e. The van der Waals surface area contributed by atoms with Crippen LogP contribution in [-0.2, 0) is 0 Å². The van der Waals surface area contributed by atoms with Crippen molar-refractivity contribution in [2.75, 3.05) is 18.0 Å². The third kappa shape index (κ3) is 4.02. The van der Waals surface area contributed by atoms with Gasteiger partial charge in [-0.25, -0.2) is 4.39 Å². The maximum atomic E-state index is 13.1. The number of carbonyl (C=O) groups is 1. The van der Waals surface area contributed by atoms with Crippen molar-refractivity contribution in [2.24, 2.45) is 0 Å². The highest BCUT2D eigenvalue weighted by molar-refractivity contribution is 6.33. The van der Waals surface area contributed by atoms with Crippen LogP contribution in [0.3, 0.4) is 0 Å². The molecule has 2 heterocycles. The summed E-state index contributed by atoms with van der Waals surface area (Å²) >= 11 is 6.16. The standard InChI is InChI=1S/C21H19ClFN3O2/c22-18-4-2-1-3-17(18)20-13-19(25-28-20)21(27)24-15-9-11-26(12-10-15)16-7-5-14(23)6-8-16/h1-8,13,15H,9-12H2,(H,24,27). The van der Waals surface area contributed by atoms with Crippen molar-refractivity contribution in [3.8, 4) is 11.3 Å². The molecule has 0 radical (unpaired) electrons. The molecule has 0 aliphatic carbocycles. The van der Waals surface area contributed by atoms with E-state index in [9.17, 15) is 9.18 Å². The lowest BCUT2D eigenvalue weighted by atomic mass is 10.0. The topological polar surface area (TPSA) is 58.4 Å². The number of nitrogens with one attached hydrogen (secondary N) is 1. The second kappa shape index (κ2) is 8.02. The fourth-order valence-corrected chi connectivity index (χ4v) is 3.59. The second-order valence-corrected chi connectivity index (χ2v) is 7.17. The van der Waals surface area contributed by atoms with Crippen LogP contribution in [0.5, 0.6) is 0 Å². The number of rotatable bonds is 4.